The molecule has 0 saturated carbocycles. The Bertz CT molecular complexity index is 1410. The predicted octanol–water partition coefficient (Wildman–Crippen LogP) is 5.90. The highest BCUT2D eigenvalue weighted by molar-refractivity contribution is 7.07. The van der Waals surface area contributed by atoms with Crippen molar-refractivity contribution in [2.45, 2.75) is 34.2 Å². The molecule has 0 atom stereocenters. The summed E-state index contributed by atoms with van der Waals surface area (Å²) in [4.78, 5) is 5.18. The monoisotopic (exact) mass is 481 g/mol. The van der Waals surface area contributed by atoms with E-state index in [1.807, 2.05) is 11.6 Å². The smallest absolute Gasteiger partial charge is 0.205 e. The van der Waals surface area contributed by atoms with Crippen LogP contribution in [0.4, 0.5) is 4.39 Å². The summed E-state index contributed by atoms with van der Waals surface area (Å²) in [5.74, 6) is -0.269. The number of hydrogen-bond donors (Lipinski definition) is 0. The predicted molar refractivity (Wildman–Crippen MR) is 134 cm³/mol. The number of thiazole rings is 1. The van der Waals surface area contributed by atoms with Gasteiger partial charge in [0.15, 0.2) is 0 Å². The molecule has 0 aliphatic carbocycles. The maximum atomic E-state index is 13.2. The van der Waals surface area contributed by atoms with Gasteiger partial charge in [-0.2, -0.15) is 10.2 Å². The molecule has 0 spiro atoms. The summed E-state index contributed by atoms with van der Waals surface area (Å²) in [6, 6.07) is 10.7. The summed E-state index contributed by atoms with van der Waals surface area (Å²) >= 11 is 8.19. The van der Waals surface area contributed by atoms with E-state index in [1.54, 1.807) is 30.1 Å². The van der Waals surface area contributed by atoms with Gasteiger partial charge in [0.25, 0.3) is 0 Å². The zero-order valence-corrected chi connectivity index (χ0v) is 20.8. The minimum atomic E-state index is -0.269. The average molecular weight is 482 g/mol. The maximum absolute atomic E-state index is 13.2. The molecule has 0 fully saturated rings. The topological polar surface area (TPSA) is 47.5 Å². The second kappa shape index (κ2) is 9.45. The highest BCUT2D eigenvalue weighted by Gasteiger charge is 2.14. The summed E-state index contributed by atoms with van der Waals surface area (Å²) in [5, 5.41) is 11.9. The molecule has 0 unspecified atom stereocenters. The Morgan fingerprint density at radius 2 is 1.76 bits per heavy atom. The first-order chi connectivity index (χ1) is 15.8. The van der Waals surface area contributed by atoms with Gasteiger partial charge in [-0.3, -0.25) is 4.99 Å². The highest BCUT2D eigenvalue weighted by Crippen LogP contribution is 2.27. The number of halogens is 2. The molecular weight excluding hydrogens is 457 g/mol. The first kappa shape index (κ1) is 23.1. The van der Waals surface area contributed by atoms with Gasteiger partial charge in [-0.1, -0.05) is 29.8 Å². The van der Waals surface area contributed by atoms with Crippen LogP contribution >= 0.6 is 22.9 Å². The molecule has 0 aliphatic rings. The molecule has 170 valence electrons. The van der Waals surface area contributed by atoms with E-state index in [0.717, 1.165) is 32.9 Å². The Morgan fingerprint density at radius 3 is 2.45 bits per heavy atom. The Morgan fingerprint density at radius 1 is 1.06 bits per heavy atom. The van der Waals surface area contributed by atoms with E-state index in [1.165, 1.54) is 40.2 Å². The van der Waals surface area contributed by atoms with Gasteiger partial charge in [0.05, 0.1) is 29.7 Å². The average Bonchev–Trinajstić information content (AvgIpc) is 3.31. The van der Waals surface area contributed by atoms with Gasteiger partial charge in [0.1, 0.15) is 11.0 Å². The van der Waals surface area contributed by atoms with E-state index < -0.39 is 0 Å². The molecule has 2 heterocycles. The Balaban J connectivity index is 1.72. The Labute approximate surface area is 201 Å². The molecular formula is C25H25ClFN5S. The van der Waals surface area contributed by atoms with E-state index in [2.05, 4.69) is 48.4 Å². The van der Waals surface area contributed by atoms with Crippen LogP contribution < -0.4 is 4.80 Å². The molecule has 5 nitrogen and oxygen atoms in total. The molecule has 0 saturated heterocycles. The fourth-order valence-electron chi connectivity index (χ4n) is 3.68. The second-order valence-corrected chi connectivity index (χ2v) is 9.20. The fraction of sp³-hybridized carbons (Fsp3) is 0.240. The van der Waals surface area contributed by atoms with Crippen molar-refractivity contribution in [1.82, 2.24) is 14.5 Å². The third kappa shape index (κ3) is 4.70. The van der Waals surface area contributed by atoms with Gasteiger partial charge in [-0.25, -0.2) is 13.7 Å². The first-order valence-corrected chi connectivity index (χ1v) is 11.8. The number of nitrogens with zero attached hydrogens (tertiary/aromatic N) is 5. The number of aromatic nitrogens is 3. The number of aryl methyl sites for hydroxylation is 4. The molecule has 33 heavy (non-hydrogen) atoms. The molecule has 0 N–H and O–H groups in total. The third-order valence-corrected chi connectivity index (χ3v) is 6.96. The van der Waals surface area contributed by atoms with Crippen molar-refractivity contribution in [1.29, 1.82) is 0 Å². The molecule has 0 aliphatic heterocycles. The molecule has 2 aromatic heterocycles. The number of hydrogen-bond acceptors (Lipinski definition) is 4. The van der Waals surface area contributed by atoms with Crippen LogP contribution in [-0.4, -0.2) is 27.7 Å². The van der Waals surface area contributed by atoms with Crippen LogP contribution in [0.25, 0.3) is 11.3 Å². The summed E-state index contributed by atoms with van der Waals surface area (Å²) < 4.78 is 16.8. The van der Waals surface area contributed by atoms with E-state index in [0.29, 0.717) is 11.7 Å². The normalized spacial score (nSPS) is 12.3. The van der Waals surface area contributed by atoms with Crippen molar-refractivity contribution in [3.63, 3.8) is 0 Å². The number of benzene rings is 2. The molecule has 8 heteroatoms. The van der Waals surface area contributed by atoms with Crippen molar-refractivity contribution in [3.8, 4) is 11.3 Å². The van der Waals surface area contributed by atoms with Crippen molar-refractivity contribution >= 4 is 29.2 Å². The van der Waals surface area contributed by atoms with Crippen LogP contribution in [0.3, 0.4) is 0 Å². The molecule has 2 aromatic carbocycles. The second-order valence-electron chi connectivity index (χ2n) is 8.01. The van der Waals surface area contributed by atoms with Crippen LogP contribution in [0.2, 0.25) is 5.15 Å². The highest BCUT2D eigenvalue weighted by atomic mass is 35.5. The summed E-state index contributed by atoms with van der Waals surface area (Å²) in [7, 11) is 1.76. The van der Waals surface area contributed by atoms with Gasteiger partial charge >= 0.3 is 0 Å². The lowest BCUT2D eigenvalue weighted by molar-refractivity contribution is 0.624. The SMILES string of the molecule is CN=c1scc(-c2cc(C)c(C)cc2C)n1N=Cc1c(C)nn(Cc2ccc(F)cc2)c1Cl. The van der Waals surface area contributed by atoms with Crippen molar-refractivity contribution in [3.05, 3.63) is 91.1 Å². The van der Waals surface area contributed by atoms with Gasteiger partial charge in [-0.05, 0) is 68.1 Å². The van der Waals surface area contributed by atoms with Crippen LogP contribution in [0.1, 0.15) is 33.5 Å². The first-order valence-electron chi connectivity index (χ1n) is 10.5. The van der Waals surface area contributed by atoms with E-state index in [9.17, 15) is 4.39 Å². The van der Waals surface area contributed by atoms with E-state index >= 15 is 0 Å². The zero-order valence-electron chi connectivity index (χ0n) is 19.2. The van der Waals surface area contributed by atoms with Crippen LogP contribution in [0, 0.1) is 33.5 Å². The van der Waals surface area contributed by atoms with Crippen LogP contribution in [-0.2, 0) is 6.54 Å². The summed E-state index contributed by atoms with van der Waals surface area (Å²) in [6.45, 7) is 8.68. The third-order valence-electron chi connectivity index (χ3n) is 5.65. The van der Waals surface area contributed by atoms with E-state index in [-0.39, 0.29) is 5.82 Å². The van der Waals surface area contributed by atoms with Gasteiger partial charge in [0, 0.05) is 18.0 Å². The minimum Gasteiger partial charge on any atom is -0.261 e. The zero-order chi connectivity index (χ0) is 23.7. The molecule has 4 rings (SSSR count). The molecule has 0 amide bonds. The maximum Gasteiger partial charge on any atom is 0.205 e. The Kier molecular flexibility index (Phi) is 6.63. The lowest BCUT2D eigenvalue weighted by Gasteiger charge is -2.10. The van der Waals surface area contributed by atoms with E-state index in [4.69, 9.17) is 16.7 Å². The van der Waals surface area contributed by atoms with Gasteiger partial charge in [-0.15, -0.1) is 11.3 Å². The quantitative estimate of drug-likeness (QED) is 0.327. The number of rotatable bonds is 5. The fourth-order valence-corrected chi connectivity index (χ4v) is 4.76. The molecule has 0 bridgehead atoms. The molecule has 4 aromatic rings. The van der Waals surface area contributed by atoms with Crippen molar-refractivity contribution < 1.29 is 4.39 Å². The summed E-state index contributed by atoms with van der Waals surface area (Å²) in [6.07, 6.45) is 1.73. The van der Waals surface area contributed by atoms with Crippen molar-refractivity contribution in [2.24, 2.45) is 10.1 Å². The lowest BCUT2D eigenvalue weighted by Crippen LogP contribution is -2.12. The van der Waals surface area contributed by atoms with Gasteiger partial charge < -0.3 is 0 Å². The lowest BCUT2D eigenvalue weighted by atomic mass is 9.99. The standard InChI is InChI=1S/C25H25ClFN5S/c1-15-10-17(3)21(11-16(15)2)23-14-33-25(28-5)32(23)29-12-22-18(4)30-31(24(22)26)13-19-6-8-20(27)9-7-19/h6-12,14H,13H2,1-5H3. The Hall–Kier alpha value is -3.03. The van der Waals surface area contributed by atoms with Crippen LogP contribution in [0.5, 0.6) is 0 Å². The van der Waals surface area contributed by atoms with Gasteiger partial charge in [0.2, 0.25) is 4.80 Å². The minimum absolute atomic E-state index is 0.269. The largest absolute Gasteiger partial charge is 0.261 e. The molecule has 0 radical (unpaired) electrons. The van der Waals surface area contributed by atoms with Crippen LogP contribution in [0.15, 0.2) is 51.9 Å². The van der Waals surface area contributed by atoms with Crippen molar-refractivity contribution in [2.75, 3.05) is 7.05 Å². The summed E-state index contributed by atoms with van der Waals surface area (Å²) in [5.41, 5.74) is 8.19.